The zero-order valence-electron chi connectivity index (χ0n) is 7.34. The highest BCUT2D eigenvalue weighted by molar-refractivity contribution is 5.79. The molecule has 12 heavy (non-hydrogen) atoms. The van der Waals surface area contributed by atoms with Crippen LogP contribution in [0.25, 0.3) is 0 Å². The van der Waals surface area contributed by atoms with Crippen molar-refractivity contribution in [3.8, 4) is 0 Å². The molecule has 0 unspecified atom stereocenters. The van der Waals surface area contributed by atoms with E-state index in [-0.39, 0.29) is 0 Å². The number of nitrogens with one attached hydrogen (secondary N) is 2. The summed E-state index contributed by atoms with van der Waals surface area (Å²) in [7, 11) is 1.65. The van der Waals surface area contributed by atoms with Gasteiger partial charge in [0.1, 0.15) is 0 Å². The number of aliphatic imine (C=N–C) groups is 1. The Hall–Kier alpha value is -0.810. The van der Waals surface area contributed by atoms with Crippen molar-refractivity contribution in [2.75, 3.05) is 20.3 Å². The van der Waals surface area contributed by atoms with Gasteiger partial charge in [0.2, 0.25) is 5.96 Å². The summed E-state index contributed by atoms with van der Waals surface area (Å²) in [5.74, 6) is 5.91. The molecule has 1 saturated carbocycles. The first-order valence-corrected chi connectivity index (χ1v) is 4.13. The Morgan fingerprint density at radius 3 is 2.92 bits per heavy atom. The third-order valence-electron chi connectivity index (χ3n) is 1.62. The number of methoxy groups -OCH3 is 1. The molecule has 5 heteroatoms. The molecule has 0 heterocycles. The molecular weight excluding hydrogens is 156 g/mol. The predicted molar refractivity (Wildman–Crippen MR) is 47.7 cm³/mol. The van der Waals surface area contributed by atoms with E-state index >= 15 is 0 Å². The Balaban J connectivity index is 2.16. The van der Waals surface area contributed by atoms with Crippen molar-refractivity contribution in [1.29, 1.82) is 0 Å². The first kappa shape index (κ1) is 9.28. The average Bonchev–Trinajstić information content (AvgIpc) is 2.87. The smallest absolute Gasteiger partial charge is 0.206 e. The molecule has 1 aliphatic rings. The summed E-state index contributed by atoms with van der Waals surface area (Å²) < 4.78 is 4.85. The summed E-state index contributed by atoms with van der Waals surface area (Å²) in [5, 5.41) is 3.16. The molecule has 0 amide bonds. The zero-order valence-corrected chi connectivity index (χ0v) is 7.34. The van der Waals surface area contributed by atoms with Crippen molar-refractivity contribution >= 4 is 5.96 Å². The number of hydrogen-bond donors (Lipinski definition) is 3. The number of guanidine groups is 1. The van der Waals surface area contributed by atoms with Gasteiger partial charge in [0.15, 0.2) is 0 Å². The minimum Gasteiger partial charge on any atom is -0.383 e. The molecule has 70 valence electrons. The third-order valence-corrected chi connectivity index (χ3v) is 1.62. The molecule has 5 nitrogen and oxygen atoms in total. The molecule has 1 aliphatic carbocycles. The molecule has 0 aliphatic heterocycles. The standard InChI is InChI=1S/C7H16N4O/c1-12-5-4-9-7(11-8)10-6-2-3-6/h6H,2-5,8H2,1H3,(H2,9,10,11). The van der Waals surface area contributed by atoms with E-state index in [1.54, 1.807) is 7.11 Å². The van der Waals surface area contributed by atoms with Crippen LogP contribution in [0.3, 0.4) is 0 Å². The normalized spacial score (nSPS) is 17.7. The van der Waals surface area contributed by atoms with Crippen molar-refractivity contribution in [2.45, 2.75) is 18.9 Å². The van der Waals surface area contributed by atoms with Gasteiger partial charge in [-0.3, -0.25) is 5.43 Å². The molecule has 0 bridgehead atoms. The second kappa shape index (κ2) is 4.95. The van der Waals surface area contributed by atoms with E-state index in [1.807, 2.05) is 0 Å². The number of hydrazine groups is 1. The lowest BCUT2D eigenvalue weighted by Gasteiger charge is -2.06. The fraction of sp³-hybridized carbons (Fsp3) is 0.857. The predicted octanol–water partition coefficient (Wildman–Crippen LogP) is -0.796. The van der Waals surface area contributed by atoms with Crippen molar-refractivity contribution < 1.29 is 4.74 Å². The zero-order chi connectivity index (χ0) is 8.81. The van der Waals surface area contributed by atoms with Crippen LogP contribution in [0.5, 0.6) is 0 Å². The van der Waals surface area contributed by atoms with Crippen molar-refractivity contribution in [1.82, 2.24) is 10.7 Å². The van der Waals surface area contributed by atoms with Gasteiger partial charge in [0, 0.05) is 13.2 Å². The monoisotopic (exact) mass is 172 g/mol. The molecule has 1 fully saturated rings. The van der Waals surface area contributed by atoms with Crippen molar-refractivity contribution in [3.63, 3.8) is 0 Å². The van der Waals surface area contributed by atoms with Gasteiger partial charge in [-0.1, -0.05) is 0 Å². The minimum absolute atomic E-state index is 0.572. The number of nitrogens with two attached hydrogens (primary N) is 1. The first-order valence-electron chi connectivity index (χ1n) is 4.13. The highest BCUT2D eigenvalue weighted by atomic mass is 16.5. The van der Waals surface area contributed by atoms with Gasteiger partial charge < -0.3 is 10.1 Å². The Labute approximate surface area is 72.3 Å². The maximum Gasteiger partial charge on any atom is 0.206 e. The Kier molecular flexibility index (Phi) is 3.83. The van der Waals surface area contributed by atoms with Gasteiger partial charge >= 0.3 is 0 Å². The van der Waals surface area contributed by atoms with Crippen LogP contribution in [0.4, 0.5) is 0 Å². The van der Waals surface area contributed by atoms with Crippen LogP contribution in [0.15, 0.2) is 4.99 Å². The Bertz CT molecular complexity index is 155. The molecule has 0 spiro atoms. The Morgan fingerprint density at radius 1 is 1.67 bits per heavy atom. The van der Waals surface area contributed by atoms with E-state index in [0.29, 0.717) is 25.2 Å². The summed E-state index contributed by atoms with van der Waals surface area (Å²) in [5.41, 5.74) is 2.52. The second-order valence-corrected chi connectivity index (χ2v) is 2.79. The SMILES string of the molecule is COCCN=C(NN)NC1CC1. The lowest BCUT2D eigenvalue weighted by atomic mass is 10.6. The molecular formula is C7H16N4O. The topological polar surface area (TPSA) is 71.7 Å². The molecule has 0 radical (unpaired) electrons. The average molecular weight is 172 g/mol. The van der Waals surface area contributed by atoms with Crippen LogP contribution in [0.1, 0.15) is 12.8 Å². The number of nitrogens with zero attached hydrogens (tertiary/aromatic N) is 1. The van der Waals surface area contributed by atoms with Crippen molar-refractivity contribution in [3.05, 3.63) is 0 Å². The van der Waals surface area contributed by atoms with Crippen LogP contribution in [0.2, 0.25) is 0 Å². The summed E-state index contributed by atoms with van der Waals surface area (Å²) >= 11 is 0. The van der Waals surface area contributed by atoms with E-state index in [2.05, 4.69) is 15.7 Å². The summed E-state index contributed by atoms with van der Waals surface area (Å²) in [6.07, 6.45) is 2.43. The highest BCUT2D eigenvalue weighted by Gasteiger charge is 2.21. The first-order chi connectivity index (χ1) is 5.86. The van der Waals surface area contributed by atoms with E-state index in [9.17, 15) is 0 Å². The quantitative estimate of drug-likeness (QED) is 0.171. The fourth-order valence-electron chi connectivity index (χ4n) is 0.803. The largest absolute Gasteiger partial charge is 0.383 e. The molecule has 0 aromatic rings. The molecule has 0 aromatic carbocycles. The van der Waals surface area contributed by atoms with Crippen LogP contribution in [0, 0.1) is 0 Å². The van der Waals surface area contributed by atoms with Crippen LogP contribution >= 0.6 is 0 Å². The minimum atomic E-state index is 0.572. The molecule has 0 saturated heterocycles. The van der Waals surface area contributed by atoms with E-state index in [0.717, 1.165) is 0 Å². The summed E-state index contributed by atoms with van der Waals surface area (Å²) in [4.78, 5) is 4.16. The van der Waals surface area contributed by atoms with Gasteiger partial charge in [-0.15, -0.1) is 0 Å². The van der Waals surface area contributed by atoms with Crippen LogP contribution in [-0.4, -0.2) is 32.3 Å². The van der Waals surface area contributed by atoms with Gasteiger partial charge in [-0.2, -0.15) is 0 Å². The van der Waals surface area contributed by atoms with Crippen molar-refractivity contribution in [2.24, 2.45) is 10.8 Å². The van der Waals surface area contributed by atoms with Crippen LogP contribution in [-0.2, 0) is 4.74 Å². The van der Waals surface area contributed by atoms with Gasteiger partial charge in [0.25, 0.3) is 0 Å². The molecule has 0 atom stereocenters. The summed E-state index contributed by atoms with van der Waals surface area (Å²) in [6, 6.07) is 0.572. The van der Waals surface area contributed by atoms with Gasteiger partial charge in [0.05, 0.1) is 13.2 Å². The van der Waals surface area contributed by atoms with E-state index < -0.39 is 0 Å². The molecule has 0 aromatic heterocycles. The maximum atomic E-state index is 5.25. The number of hydrogen-bond acceptors (Lipinski definition) is 3. The Morgan fingerprint density at radius 2 is 2.42 bits per heavy atom. The van der Waals surface area contributed by atoms with Gasteiger partial charge in [-0.25, -0.2) is 10.8 Å². The van der Waals surface area contributed by atoms with Crippen LogP contribution < -0.4 is 16.6 Å². The summed E-state index contributed by atoms with van der Waals surface area (Å²) in [6.45, 7) is 1.26. The molecule has 4 N–H and O–H groups in total. The maximum absolute atomic E-state index is 5.25. The highest BCUT2D eigenvalue weighted by Crippen LogP contribution is 2.18. The van der Waals surface area contributed by atoms with E-state index in [1.165, 1.54) is 12.8 Å². The lowest BCUT2D eigenvalue weighted by molar-refractivity contribution is 0.208. The lowest BCUT2D eigenvalue weighted by Crippen LogP contribution is -2.42. The second-order valence-electron chi connectivity index (χ2n) is 2.79. The number of ether oxygens (including phenoxy) is 1. The fourth-order valence-corrected chi connectivity index (χ4v) is 0.803. The third kappa shape index (κ3) is 3.54. The van der Waals surface area contributed by atoms with Gasteiger partial charge in [-0.05, 0) is 12.8 Å². The van der Waals surface area contributed by atoms with E-state index in [4.69, 9.17) is 10.6 Å². The molecule has 1 rings (SSSR count). The number of rotatable bonds is 4.